The predicted octanol–water partition coefficient (Wildman–Crippen LogP) is 0.552. The topological polar surface area (TPSA) is 34.1 Å². The SMILES string of the molecule is O=CCCCC=O.[Au]. The van der Waals surface area contributed by atoms with E-state index in [-0.39, 0.29) is 22.4 Å². The van der Waals surface area contributed by atoms with Crippen LogP contribution in [0.1, 0.15) is 19.3 Å². The number of aldehydes is 2. The molecule has 0 aliphatic heterocycles. The van der Waals surface area contributed by atoms with E-state index in [4.69, 9.17) is 0 Å². The van der Waals surface area contributed by atoms with Gasteiger partial charge in [-0.3, -0.25) is 0 Å². The molecule has 0 aromatic carbocycles. The third-order valence-electron chi connectivity index (χ3n) is 0.644. The van der Waals surface area contributed by atoms with E-state index >= 15 is 0 Å². The number of hydrogen-bond acceptors (Lipinski definition) is 2. The van der Waals surface area contributed by atoms with Crippen molar-refractivity contribution >= 4 is 12.6 Å². The molecule has 0 saturated carbocycles. The Hall–Kier alpha value is 0.0803. The fourth-order valence-electron chi connectivity index (χ4n) is 0.285. The normalized spacial score (nSPS) is 7.00. The average Bonchev–Trinajstić information content (AvgIpc) is 1.69. The van der Waals surface area contributed by atoms with Gasteiger partial charge in [0.1, 0.15) is 12.6 Å². The maximum Gasteiger partial charge on any atom is 0.120 e. The molecule has 0 heterocycles. The molecule has 1 radical (unpaired) electrons. The van der Waals surface area contributed by atoms with Gasteiger partial charge in [-0.1, -0.05) is 0 Å². The first-order valence-electron chi connectivity index (χ1n) is 2.29. The summed E-state index contributed by atoms with van der Waals surface area (Å²) in [6.07, 6.45) is 3.37. The summed E-state index contributed by atoms with van der Waals surface area (Å²) >= 11 is 0. The monoisotopic (exact) mass is 297 g/mol. The van der Waals surface area contributed by atoms with Gasteiger partial charge in [-0.05, 0) is 6.42 Å². The van der Waals surface area contributed by atoms with Crippen molar-refractivity contribution < 1.29 is 32.0 Å². The van der Waals surface area contributed by atoms with Crippen LogP contribution in [0.2, 0.25) is 0 Å². The summed E-state index contributed by atoms with van der Waals surface area (Å²) in [6, 6.07) is 0. The Balaban J connectivity index is 0. The molecule has 3 heteroatoms. The van der Waals surface area contributed by atoms with Gasteiger partial charge in [0, 0.05) is 35.2 Å². The van der Waals surface area contributed by atoms with Crippen LogP contribution in [0.3, 0.4) is 0 Å². The summed E-state index contributed by atoms with van der Waals surface area (Å²) in [7, 11) is 0. The Bertz CT molecular complexity index is 55.4. The van der Waals surface area contributed by atoms with E-state index in [9.17, 15) is 9.59 Å². The quantitative estimate of drug-likeness (QED) is 0.431. The van der Waals surface area contributed by atoms with Gasteiger partial charge in [-0.2, -0.15) is 0 Å². The molecule has 0 bridgehead atoms. The van der Waals surface area contributed by atoms with Crippen LogP contribution in [0.25, 0.3) is 0 Å². The summed E-state index contributed by atoms with van der Waals surface area (Å²) in [4.78, 5) is 19.1. The zero-order chi connectivity index (χ0) is 5.54. The van der Waals surface area contributed by atoms with Crippen LogP contribution in [-0.4, -0.2) is 12.6 Å². The van der Waals surface area contributed by atoms with E-state index in [2.05, 4.69) is 0 Å². The van der Waals surface area contributed by atoms with Crippen molar-refractivity contribution in [1.82, 2.24) is 0 Å². The summed E-state index contributed by atoms with van der Waals surface area (Å²) < 4.78 is 0. The number of hydrogen-bond donors (Lipinski definition) is 0. The molecule has 0 aliphatic rings. The van der Waals surface area contributed by atoms with E-state index in [1.165, 1.54) is 0 Å². The second-order valence-corrected chi connectivity index (χ2v) is 1.26. The Morgan fingerprint density at radius 3 is 1.62 bits per heavy atom. The minimum absolute atomic E-state index is 0. The molecule has 0 atom stereocenters. The molecule has 2 nitrogen and oxygen atoms in total. The van der Waals surface area contributed by atoms with Crippen molar-refractivity contribution in [1.29, 1.82) is 0 Å². The van der Waals surface area contributed by atoms with E-state index in [0.717, 1.165) is 12.6 Å². The van der Waals surface area contributed by atoms with Crippen molar-refractivity contribution in [3.63, 3.8) is 0 Å². The average molecular weight is 297 g/mol. The minimum atomic E-state index is 0. The van der Waals surface area contributed by atoms with E-state index in [0.29, 0.717) is 19.3 Å². The number of carbonyl (C=O) groups is 2. The Kier molecular flexibility index (Phi) is 13.9. The smallest absolute Gasteiger partial charge is 0.120 e. The Morgan fingerprint density at radius 2 is 1.38 bits per heavy atom. The van der Waals surface area contributed by atoms with E-state index < -0.39 is 0 Å². The fraction of sp³-hybridized carbons (Fsp3) is 0.600. The molecule has 0 aromatic rings. The van der Waals surface area contributed by atoms with Crippen LogP contribution >= 0.6 is 0 Å². The molecule has 8 heavy (non-hydrogen) atoms. The second-order valence-electron chi connectivity index (χ2n) is 1.26. The summed E-state index contributed by atoms with van der Waals surface area (Å²) in [6.45, 7) is 0. The summed E-state index contributed by atoms with van der Waals surface area (Å²) in [5.41, 5.74) is 0. The van der Waals surface area contributed by atoms with Gasteiger partial charge >= 0.3 is 0 Å². The van der Waals surface area contributed by atoms with Crippen molar-refractivity contribution in [2.75, 3.05) is 0 Å². The summed E-state index contributed by atoms with van der Waals surface area (Å²) in [5, 5.41) is 0. The minimum Gasteiger partial charge on any atom is -0.303 e. The van der Waals surface area contributed by atoms with Gasteiger partial charge in [0.2, 0.25) is 0 Å². The fourth-order valence-corrected chi connectivity index (χ4v) is 0.285. The molecular weight excluding hydrogens is 289 g/mol. The molecule has 0 aromatic heterocycles. The van der Waals surface area contributed by atoms with Crippen LogP contribution in [0.15, 0.2) is 0 Å². The largest absolute Gasteiger partial charge is 0.303 e. The Labute approximate surface area is 64.2 Å². The summed E-state index contributed by atoms with van der Waals surface area (Å²) in [5.74, 6) is 0. The third-order valence-corrected chi connectivity index (χ3v) is 0.644. The molecule has 0 amide bonds. The van der Waals surface area contributed by atoms with Crippen LogP contribution in [0.5, 0.6) is 0 Å². The van der Waals surface area contributed by atoms with Gasteiger partial charge in [-0.25, -0.2) is 0 Å². The zero-order valence-electron chi connectivity index (χ0n) is 4.39. The molecule has 0 rings (SSSR count). The predicted molar refractivity (Wildman–Crippen MR) is 26.0 cm³/mol. The third kappa shape index (κ3) is 9.43. The first kappa shape index (κ1) is 11.0. The molecule has 51 valence electrons. The van der Waals surface area contributed by atoms with E-state index in [1.807, 2.05) is 0 Å². The zero-order valence-corrected chi connectivity index (χ0v) is 6.56. The van der Waals surface area contributed by atoms with E-state index in [1.54, 1.807) is 0 Å². The van der Waals surface area contributed by atoms with Crippen LogP contribution in [0.4, 0.5) is 0 Å². The first-order chi connectivity index (χ1) is 3.41. The molecule has 0 spiro atoms. The van der Waals surface area contributed by atoms with Crippen molar-refractivity contribution in [3.05, 3.63) is 0 Å². The second kappa shape index (κ2) is 10.1. The van der Waals surface area contributed by atoms with Crippen LogP contribution < -0.4 is 0 Å². The van der Waals surface area contributed by atoms with Gasteiger partial charge in [0.15, 0.2) is 0 Å². The maximum absolute atomic E-state index is 9.56. The van der Waals surface area contributed by atoms with Crippen molar-refractivity contribution in [2.24, 2.45) is 0 Å². The number of unbranched alkanes of at least 4 members (excludes halogenated alkanes) is 2. The molecule has 0 fully saturated rings. The van der Waals surface area contributed by atoms with Crippen molar-refractivity contribution in [3.8, 4) is 0 Å². The van der Waals surface area contributed by atoms with Crippen LogP contribution in [-0.2, 0) is 32.0 Å². The molecule has 0 unspecified atom stereocenters. The van der Waals surface area contributed by atoms with Crippen LogP contribution in [0, 0.1) is 0 Å². The Morgan fingerprint density at radius 1 is 1.00 bits per heavy atom. The van der Waals surface area contributed by atoms with Crippen molar-refractivity contribution in [2.45, 2.75) is 19.3 Å². The molecular formula is C5H8AuO2. The maximum atomic E-state index is 9.56. The first-order valence-corrected chi connectivity index (χ1v) is 2.29. The number of rotatable bonds is 4. The van der Waals surface area contributed by atoms with Gasteiger partial charge < -0.3 is 9.59 Å². The molecule has 0 aliphatic carbocycles. The van der Waals surface area contributed by atoms with Gasteiger partial charge in [0.05, 0.1) is 0 Å². The standard InChI is InChI=1S/C5H8O2.Au/c6-4-2-1-3-5-7;/h4-5H,1-3H2;. The molecule has 0 N–H and O–H groups in total. The van der Waals surface area contributed by atoms with Gasteiger partial charge in [0.25, 0.3) is 0 Å². The number of carbonyl (C=O) groups excluding carboxylic acids is 2. The molecule has 0 saturated heterocycles. The van der Waals surface area contributed by atoms with Gasteiger partial charge in [-0.15, -0.1) is 0 Å².